The average Bonchev–Trinajstić information content (AvgIpc) is 2.47. The SMILES string of the molecule is S=C(NCCSc1ccccc1)Nc1ccccc1Cl. The van der Waals surface area contributed by atoms with Crippen LogP contribution in [-0.4, -0.2) is 17.4 Å². The van der Waals surface area contributed by atoms with Crippen molar-refractivity contribution in [2.75, 3.05) is 17.6 Å². The van der Waals surface area contributed by atoms with Crippen molar-refractivity contribution in [1.82, 2.24) is 5.32 Å². The molecule has 2 aromatic carbocycles. The molecule has 2 N–H and O–H groups in total. The van der Waals surface area contributed by atoms with Crippen LogP contribution in [0, 0.1) is 0 Å². The molecule has 0 amide bonds. The maximum Gasteiger partial charge on any atom is 0.170 e. The zero-order valence-corrected chi connectivity index (χ0v) is 13.2. The number of benzene rings is 2. The summed E-state index contributed by atoms with van der Waals surface area (Å²) < 4.78 is 0. The Labute approximate surface area is 133 Å². The van der Waals surface area contributed by atoms with Crippen LogP contribution in [0.4, 0.5) is 5.69 Å². The van der Waals surface area contributed by atoms with Crippen molar-refractivity contribution in [2.24, 2.45) is 0 Å². The fourth-order valence-electron chi connectivity index (χ4n) is 1.58. The molecule has 0 bridgehead atoms. The van der Waals surface area contributed by atoms with Gasteiger partial charge in [-0.05, 0) is 36.5 Å². The van der Waals surface area contributed by atoms with Crippen molar-refractivity contribution in [3.05, 3.63) is 59.6 Å². The number of halogens is 1. The predicted molar refractivity (Wildman–Crippen MR) is 92.8 cm³/mol. The standard InChI is InChI=1S/C15H15ClN2S2/c16-13-8-4-5-9-14(13)18-15(19)17-10-11-20-12-6-2-1-3-7-12/h1-9H,10-11H2,(H2,17,18,19). The first-order chi connectivity index (χ1) is 9.75. The molecule has 0 spiro atoms. The molecule has 2 aromatic rings. The highest BCUT2D eigenvalue weighted by Crippen LogP contribution is 2.20. The maximum atomic E-state index is 6.06. The van der Waals surface area contributed by atoms with Crippen molar-refractivity contribution in [3.8, 4) is 0 Å². The Hall–Kier alpha value is -1.23. The molecule has 0 aliphatic carbocycles. The Morgan fingerprint density at radius 1 is 1.05 bits per heavy atom. The van der Waals surface area contributed by atoms with Gasteiger partial charge >= 0.3 is 0 Å². The third-order valence-corrected chi connectivity index (χ3v) is 4.11. The normalized spacial score (nSPS) is 10.1. The van der Waals surface area contributed by atoms with E-state index < -0.39 is 0 Å². The summed E-state index contributed by atoms with van der Waals surface area (Å²) in [6.07, 6.45) is 0. The highest BCUT2D eigenvalue weighted by molar-refractivity contribution is 7.99. The molecule has 0 fully saturated rings. The quantitative estimate of drug-likeness (QED) is 0.483. The monoisotopic (exact) mass is 322 g/mol. The molecule has 104 valence electrons. The molecule has 0 unspecified atom stereocenters. The van der Waals surface area contributed by atoms with Crippen LogP contribution in [0.5, 0.6) is 0 Å². The van der Waals surface area contributed by atoms with E-state index in [1.54, 1.807) is 11.8 Å². The lowest BCUT2D eigenvalue weighted by atomic mass is 10.3. The van der Waals surface area contributed by atoms with Gasteiger partial charge in [-0.15, -0.1) is 11.8 Å². The van der Waals surface area contributed by atoms with Crippen molar-refractivity contribution in [2.45, 2.75) is 4.90 Å². The number of hydrogen-bond acceptors (Lipinski definition) is 2. The molecule has 0 aromatic heterocycles. The highest BCUT2D eigenvalue weighted by atomic mass is 35.5. The minimum Gasteiger partial charge on any atom is -0.362 e. The largest absolute Gasteiger partial charge is 0.362 e. The molecular formula is C15H15ClN2S2. The summed E-state index contributed by atoms with van der Waals surface area (Å²) in [5.74, 6) is 0.953. The third-order valence-electron chi connectivity index (χ3n) is 2.52. The summed E-state index contributed by atoms with van der Waals surface area (Å²) in [4.78, 5) is 1.26. The fourth-order valence-corrected chi connectivity index (χ4v) is 2.76. The Morgan fingerprint density at radius 3 is 2.50 bits per heavy atom. The van der Waals surface area contributed by atoms with Crippen molar-refractivity contribution in [1.29, 1.82) is 0 Å². The molecule has 2 rings (SSSR count). The Kier molecular flexibility index (Phi) is 6.18. The minimum atomic E-state index is 0.590. The van der Waals surface area contributed by atoms with E-state index in [1.807, 2.05) is 42.5 Å². The van der Waals surface area contributed by atoms with Gasteiger partial charge in [0.1, 0.15) is 0 Å². The number of anilines is 1. The van der Waals surface area contributed by atoms with Gasteiger partial charge in [0.15, 0.2) is 5.11 Å². The van der Waals surface area contributed by atoms with Crippen LogP contribution in [0.2, 0.25) is 5.02 Å². The van der Waals surface area contributed by atoms with Gasteiger partial charge in [-0.1, -0.05) is 41.9 Å². The lowest BCUT2D eigenvalue weighted by Gasteiger charge is -2.11. The summed E-state index contributed by atoms with van der Waals surface area (Å²) in [5, 5.41) is 7.51. The second kappa shape index (κ2) is 8.15. The van der Waals surface area contributed by atoms with E-state index >= 15 is 0 Å². The molecule has 0 aliphatic rings. The first-order valence-electron chi connectivity index (χ1n) is 6.23. The van der Waals surface area contributed by atoms with E-state index in [2.05, 4.69) is 22.8 Å². The molecule has 0 atom stereocenters. The van der Waals surface area contributed by atoms with E-state index in [0.29, 0.717) is 10.1 Å². The summed E-state index contributed by atoms with van der Waals surface area (Å²) in [6.45, 7) is 0.801. The lowest BCUT2D eigenvalue weighted by Crippen LogP contribution is -2.30. The second-order valence-corrected chi connectivity index (χ2v) is 6.01. The predicted octanol–water partition coefficient (Wildman–Crippen LogP) is 4.42. The molecular weight excluding hydrogens is 308 g/mol. The molecule has 20 heavy (non-hydrogen) atoms. The van der Waals surface area contributed by atoms with Crippen LogP contribution in [-0.2, 0) is 0 Å². The van der Waals surface area contributed by atoms with Gasteiger partial charge in [0.2, 0.25) is 0 Å². The average molecular weight is 323 g/mol. The van der Waals surface area contributed by atoms with E-state index in [0.717, 1.165) is 18.0 Å². The summed E-state index contributed by atoms with van der Waals surface area (Å²) in [7, 11) is 0. The van der Waals surface area contributed by atoms with E-state index in [9.17, 15) is 0 Å². The summed E-state index contributed by atoms with van der Waals surface area (Å²) >= 11 is 13.1. The van der Waals surface area contributed by atoms with Gasteiger partial charge in [-0.25, -0.2) is 0 Å². The number of nitrogens with one attached hydrogen (secondary N) is 2. The van der Waals surface area contributed by atoms with E-state index in [1.165, 1.54) is 4.90 Å². The lowest BCUT2D eigenvalue weighted by molar-refractivity contribution is 0.990. The third kappa shape index (κ3) is 5.04. The molecule has 2 nitrogen and oxygen atoms in total. The first kappa shape index (κ1) is 15.2. The topological polar surface area (TPSA) is 24.1 Å². The zero-order chi connectivity index (χ0) is 14.2. The van der Waals surface area contributed by atoms with Crippen LogP contribution in [0.3, 0.4) is 0 Å². The van der Waals surface area contributed by atoms with Crippen molar-refractivity contribution in [3.63, 3.8) is 0 Å². The van der Waals surface area contributed by atoms with Gasteiger partial charge in [0.05, 0.1) is 10.7 Å². The van der Waals surface area contributed by atoms with Gasteiger partial charge in [0, 0.05) is 17.2 Å². The molecule has 0 saturated carbocycles. The van der Waals surface area contributed by atoms with Gasteiger partial charge in [0.25, 0.3) is 0 Å². The van der Waals surface area contributed by atoms with Gasteiger partial charge < -0.3 is 10.6 Å². The summed E-state index contributed by atoms with van der Waals surface area (Å²) in [6, 6.07) is 17.8. The van der Waals surface area contributed by atoms with Crippen LogP contribution in [0.1, 0.15) is 0 Å². The summed E-state index contributed by atoms with van der Waals surface area (Å²) in [5.41, 5.74) is 0.822. The van der Waals surface area contributed by atoms with Crippen molar-refractivity contribution < 1.29 is 0 Å². The fraction of sp³-hybridized carbons (Fsp3) is 0.133. The number of thioether (sulfide) groups is 1. The number of para-hydroxylation sites is 1. The van der Waals surface area contributed by atoms with Crippen LogP contribution < -0.4 is 10.6 Å². The number of rotatable bonds is 5. The highest BCUT2D eigenvalue weighted by Gasteiger charge is 2.01. The maximum absolute atomic E-state index is 6.06. The molecule has 0 saturated heterocycles. The second-order valence-electron chi connectivity index (χ2n) is 4.02. The molecule has 0 heterocycles. The minimum absolute atomic E-state index is 0.590. The number of hydrogen-bond donors (Lipinski definition) is 2. The molecule has 0 radical (unpaired) electrons. The van der Waals surface area contributed by atoms with Crippen LogP contribution in [0.15, 0.2) is 59.5 Å². The van der Waals surface area contributed by atoms with Crippen molar-refractivity contribution >= 4 is 46.4 Å². The van der Waals surface area contributed by atoms with Gasteiger partial charge in [-0.3, -0.25) is 0 Å². The first-order valence-corrected chi connectivity index (χ1v) is 8.00. The van der Waals surface area contributed by atoms with Gasteiger partial charge in [-0.2, -0.15) is 0 Å². The Morgan fingerprint density at radius 2 is 1.75 bits per heavy atom. The Bertz CT molecular complexity index is 561. The van der Waals surface area contributed by atoms with E-state index in [-0.39, 0.29) is 0 Å². The van der Waals surface area contributed by atoms with Crippen LogP contribution >= 0.6 is 35.6 Å². The number of thiocarbonyl (C=S) groups is 1. The zero-order valence-electron chi connectivity index (χ0n) is 10.8. The Balaban J connectivity index is 1.69. The van der Waals surface area contributed by atoms with E-state index in [4.69, 9.17) is 23.8 Å². The molecule has 5 heteroatoms. The van der Waals surface area contributed by atoms with Crippen LogP contribution in [0.25, 0.3) is 0 Å². The molecule has 0 aliphatic heterocycles. The smallest absolute Gasteiger partial charge is 0.170 e.